The Hall–Kier alpha value is -2.33. The third kappa shape index (κ3) is 3.29. The van der Waals surface area contributed by atoms with Crippen molar-refractivity contribution < 1.29 is 9.53 Å². The second kappa shape index (κ2) is 7.05. The Labute approximate surface area is 143 Å². The highest BCUT2D eigenvalue weighted by atomic mass is 16.6. The zero-order valence-corrected chi connectivity index (χ0v) is 14.1. The number of carbonyl (C=O) groups is 1. The summed E-state index contributed by atoms with van der Waals surface area (Å²) in [6.45, 7) is 4.62. The van der Waals surface area contributed by atoms with Gasteiger partial charge >= 0.3 is 6.09 Å². The van der Waals surface area contributed by atoms with E-state index >= 15 is 0 Å². The summed E-state index contributed by atoms with van der Waals surface area (Å²) < 4.78 is 5.58. The Morgan fingerprint density at radius 2 is 1.54 bits per heavy atom. The highest BCUT2D eigenvalue weighted by Crippen LogP contribution is 2.29. The lowest BCUT2D eigenvalue weighted by atomic mass is 9.90. The number of cyclic esters (lactones) is 1. The van der Waals surface area contributed by atoms with Crippen molar-refractivity contribution in [3.05, 3.63) is 71.8 Å². The lowest BCUT2D eigenvalue weighted by Crippen LogP contribution is -2.41. The minimum Gasteiger partial charge on any atom is -0.443 e. The first-order valence-electron chi connectivity index (χ1n) is 8.40. The normalized spacial score (nSPS) is 21.2. The average molecular weight is 324 g/mol. The Bertz CT molecular complexity index is 675. The number of ether oxygens (including phenoxy) is 1. The molecule has 4 nitrogen and oxygen atoms in total. The second-order valence-electron chi connectivity index (χ2n) is 6.44. The van der Waals surface area contributed by atoms with Gasteiger partial charge in [0.05, 0.1) is 18.6 Å². The molecule has 2 aromatic carbocycles. The largest absolute Gasteiger partial charge is 0.443 e. The van der Waals surface area contributed by atoms with Crippen LogP contribution in [0, 0.1) is 0 Å². The molecule has 1 heterocycles. The number of carbonyl (C=O) groups excluding carboxylic acids is 1. The summed E-state index contributed by atoms with van der Waals surface area (Å²) in [5, 5.41) is 0. The Balaban J connectivity index is 1.70. The number of benzene rings is 2. The second-order valence-corrected chi connectivity index (χ2v) is 6.44. The van der Waals surface area contributed by atoms with Crippen molar-refractivity contribution >= 4 is 6.09 Å². The number of amides is 1. The van der Waals surface area contributed by atoms with Crippen LogP contribution in [0.1, 0.15) is 36.9 Å². The van der Waals surface area contributed by atoms with Crippen molar-refractivity contribution in [2.75, 3.05) is 6.54 Å². The Morgan fingerprint density at radius 1 is 1.00 bits per heavy atom. The fourth-order valence-corrected chi connectivity index (χ4v) is 3.23. The van der Waals surface area contributed by atoms with Crippen LogP contribution in [0.3, 0.4) is 0 Å². The van der Waals surface area contributed by atoms with Gasteiger partial charge in [0, 0.05) is 0 Å². The monoisotopic (exact) mass is 324 g/mol. The minimum atomic E-state index is -0.293. The van der Waals surface area contributed by atoms with Crippen LogP contribution in [0.5, 0.6) is 0 Å². The predicted octanol–water partition coefficient (Wildman–Crippen LogP) is 3.70. The van der Waals surface area contributed by atoms with E-state index in [9.17, 15) is 4.79 Å². The number of rotatable bonds is 5. The van der Waals surface area contributed by atoms with Gasteiger partial charge in [0.15, 0.2) is 0 Å². The van der Waals surface area contributed by atoms with Crippen LogP contribution in [0.25, 0.3) is 0 Å². The van der Waals surface area contributed by atoms with Gasteiger partial charge in [-0.1, -0.05) is 67.6 Å². The topological polar surface area (TPSA) is 55.6 Å². The predicted molar refractivity (Wildman–Crippen MR) is 94.7 cm³/mol. The quantitative estimate of drug-likeness (QED) is 0.912. The smallest absolute Gasteiger partial charge is 0.410 e. The van der Waals surface area contributed by atoms with Gasteiger partial charge in [-0.05, 0) is 24.0 Å². The van der Waals surface area contributed by atoms with Crippen LogP contribution < -0.4 is 5.73 Å². The van der Waals surface area contributed by atoms with Gasteiger partial charge in [-0.2, -0.15) is 0 Å². The Morgan fingerprint density at radius 3 is 2.12 bits per heavy atom. The zero-order valence-electron chi connectivity index (χ0n) is 14.1. The van der Waals surface area contributed by atoms with E-state index in [2.05, 4.69) is 19.1 Å². The van der Waals surface area contributed by atoms with Gasteiger partial charge in [-0.3, -0.25) is 4.90 Å². The molecule has 2 N–H and O–H groups in total. The van der Waals surface area contributed by atoms with Crippen LogP contribution in [-0.2, 0) is 4.74 Å². The van der Waals surface area contributed by atoms with Crippen LogP contribution in [-0.4, -0.2) is 29.7 Å². The molecule has 0 aliphatic carbocycles. The fourth-order valence-electron chi connectivity index (χ4n) is 3.23. The maximum Gasteiger partial charge on any atom is 0.410 e. The number of nitrogens with two attached hydrogens (primary N) is 1. The molecule has 1 amide bonds. The molecular formula is C20H24N2O2. The highest BCUT2D eigenvalue weighted by molar-refractivity contribution is 5.70. The van der Waals surface area contributed by atoms with Crippen LogP contribution in [0.15, 0.2) is 60.7 Å². The van der Waals surface area contributed by atoms with Gasteiger partial charge in [-0.15, -0.1) is 0 Å². The van der Waals surface area contributed by atoms with E-state index in [4.69, 9.17) is 10.5 Å². The standard InChI is InChI=1S/C20H24N2O2/c1-14(16-9-5-3-6-10-16)19(21)18-13-22(20(23)24-18)15(2)17-11-7-4-8-12-17/h3-12,14-15,18-19H,13,21H2,1-2H3. The molecule has 1 saturated heterocycles. The molecule has 2 aromatic rings. The molecule has 4 unspecified atom stereocenters. The van der Waals surface area contributed by atoms with Gasteiger partial charge in [0.25, 0.3) is 0 Å². The van der Waals surface area contributed by atoms with Crippen LogP contribution in [0.2, 0.25) is 0 Å². The molecule has 0 aromatic heterocycles. The third-order valence-electron chi connectivity index (χ3n) is 4.94. The number of hydrogen-bond acceptors (Lipinski definition) is 3. The summed E-state index contributed by atoms with van der Waals surface area (Å²) in [7, 11) is 0. The first kappa shape index (κ1) is 16.5. The van der Waals surface area contributed by atoms with Gasteiger partial charge in [0.2, 0.25) is 0 Å². The molecule has 0 spiro atoms. The number of nitrogens with zero attached hydrogens (tertiary/aromatic N) is 1. The lowest BCUT2D eigenvalue weighted by Gasteiger charge is -2.25. The highest BCUT2D eigenvalue weighted by Gasteiger charge is 2.39. The molecule has 24 heavy (non-hydrogen) atoms. The van der Waals surface area contributed by atoms with Gasteiger partial charge in [0.1, 0.15) is 6.10 Å². The average Bonchev–Trinajstić information content (AvgIpc) is 3.03. The molecule has 0 saturated carbocycles. The van der Waals surface area contributed by atoms with E-state index in [-0.39, 0.29) is 30.2 Å². The summed E-state index contributed by atoms with van der Waals surface area (Å²) in [4.78, 5) is 14.1. The number of hydrogen-bond donors (Lipinski definition) is 1. The van der Waals surface area contributed by atoms with Gasteiger partial charge in [-0.25, -0.2) is 4.79 Å². The summed E-state index contributed by atoms with van der Waals surface area (Å²) in [5.41, 5.74) is 8.67. The van der Waals surface area contributed by atoms with E-state index in [1.807, 2.05) is 55.5 Å². The summed E-state index contributed by atoms with van der Waals surface area (Å²) in [6.07, 6.45) is -0.578. The Kier molecular flexibility index (Phi) is 4.86. The van der Waals surface area contributed by atoms with Crippen molar-refractivity contribution in [3.63, 3.8) is 0 Å². The third-order valence-corrected chi connectivity index (χ3v) is 4.94. The van der Waals surface area contributed by atoms with Crippen molar-refractivity contribution in [1.82, 2.24) is 4.90 Å². The van der Waals surface area contributed by atoms with E-state index in [0.717, 1.165) is 11.1 Å². The summed E-state index contributed by atoms with van der Waals surface area (Å²) >= 11 is 0. The van der Waals surface area contributed by atoms with E-state index in [1.165, 1.54) is 0 Å². The molecule has 0 bridgehead atoms. The van der Waals surface area contributed by atoms with E-state index < -0.39 is 0 Å². The zero-order chi connectivity index (χ0) is 17.1. The molecule has 4 atom stereocenters. The maximum absolute atomic E-state index is 12.3. The first-order valence-corrected chi connectivity index (χ1v) is 8.40. The lowest BCUT2D eigenvalue weighted by molar-refractivity contribution is 0.115. The van der Waals surface area contributed by atoms with Crippen molar-refractivity contribution in [1.29, 1.82) is 0 Å². The molecule has 1 fully saturated rings. The van der Waals surface area contributed by atoms with Crippen LogP contribution in [0.4, 0.5) is 4.79 Å². The molecule has 1 aliphatic rings. The van der Waals surface area contributed by atoms with E-state index in [1.54, 1.807) is 4.90 Å². The molecule has 3 rings (SSSR count). The van der Waals surface area contributed by atoms with Gasteiger partial charge < -0.3 is 10.5 Å². The summed E-state index contributed by atoms with van der Waals surface area (Å²) in [5.74, 6) is 0.121. The molecule has 1 aliphatic heterocycles. The minimum absolute atomic E-state index is 0.0251. The van der Waals surface area contributed by atoms with Crippen molar-refractivity contribution in [2.45, 2.75) is 38.0 Å². The van der Waals surface area contributed by atoms with Crippen molar-refractivity contribution in [2.24, 2.45) is 5.73 Å². The van der Waals surface area contributed by atoms with E-state index in [0.29, 0.717) is 6.54 Å². The summed E-state index contributed by atoms with van der Waals surface area (Å²) in [6, 6.07) is 19.8. The molecule has 126 valence electrons. The maximum atomic E-state index is 12.3. The first-order chi connectivity index (χ1) is 11.6. The SMILES string of the molecule is CC(c1ccccc1)C(N)C1CN(C(C)c2ccccc2)C(=O)O1. The molecule has 4 heteroatoms. The molecular weight excluding hydrogens is 300 g/mol. The van der Waals surface area contributed by atoms with Crippen molar-refractivity contribution in [3.8, 4) is 0 Å². The van der Waals surface area contributed by atoms with Crippen LogP contribution >= 0.6 is 0 Å². The fraction of sp³-hybridized carbons (Fsp3) is 0.350. The molecule has 0 radical (unpaired) electrons.